The molecule has 2 N–H and O–H groups in total. The molecule has 0 spiro atoms. The molecule has 0 aromatic carbocycles. The van der Waals surface area contributed by atoms with Crippen molar-refractivity contribution in [3.05, 3.63) is 12.4 Å². The van der Waals surface area contributed by atoms with Gasteiger partial charge in [-0.3, -0.25) is 4.68 Å². The van der Waals surface area contributed by atoms with Crippen molar-refractivity contribution < 1.29 is 8.42 Å². The fraction of sp³-hybridized carbons (Fsp3) is 0.750. The van der Waals surface area contributed by atoms with Crippen LogP contribution in [-0.4, -0.2) is 42.1 Å². The lowest BCUT2D eigenvalue weighted by Gasteiger charge is -2.28. The molecule has 0 saturated carbocycles. The summed E-state index contributed by atoms with van der Waals surface area (Å²) in [5.41, 5.74) is 5.43. The normalized spacial score (nSPS) is 18.8. The SMILES string of the molecule is CC1CCN(S(=O)(=O)c2cnn(CCCN)c2)CC1. The van der Waals surface area contributed by atoms with Gasteiger partial charge in [0.15, 0.2) is 0 Å². The fourth-order valence-electron chi connectivity index (χ4n) is 2.23. The highest BCUT2D eigenvalue weighted by Gasteiger charge is 2.28. The molecule has 0 unspecified atom stereocenters. The molecular weight excluding hydrogens is 264 g/mol. The summed E-state index contributed by atoms with van der Waals surface area (Å²) < 4.78 is 28.1. The summed E-state index contributed by atoms with van der Waals surface area (Å²) >= 11 is 0. The monoisotopic (exact) mass is 286 g/mol. The Balaban J connectivity index is 2.08. The minimum Gasteiger partial charge on any atom is -0.330 e. The van der Waals surface area contributed by atoms with Crippen molar-refractivity contribution in [2.75, 3.05) is 19.6 Å². The zero-order chi connectivity index (χ0) is 13.9. The van der Waals surface area contributed by atoms with Crippen LogP contribution in [-0.2, 0) is 16.6 Å². The molecule has 1 aliphatic rings. The van der Waals surface area contributed by atoms with E-state index in [0.717, 1.165) is 19.3 Å². The summed E-state index contributed by atoms with van der Waals surface area (Å²) in [4.78, 5) is 0.291. The maximum atomic E-state index is 12.4. The molecule has 108 valence electrons. The predicted octanol–water partition coefficient (Wildman–Crippen LogP) is 0.653. The average Bonchev–Trinajstić information content (AvgIpc) is 2.86. The number of rotatable bonds is 5. The minimum atomic E-state index is -3.37. The summed E-state index contributed by atoms with van der Waals surface area (Å²) in [7, 11) is -3.37. The first-order valence-electron chi connectivity index (χ1n) is 6.76. The number of aromatic nitrogens is 2. The maximum absolute atomic E-state index is 12.4. The van der Waals surface area contributed by atoms with Gasteiger partial charge < -0.3 is 5.73 Å². The van der Waals surface area contributed by atoms with E-state index >= 15 is 0 Å². The van der Waals surface area contributed by atoms with E-state index < -0.39 is 10.0 Å². The van der Waals surface area contributed by atoms with Crippen molar-refractivity contribution >= 4 is 10.0 Å². The van der Waals surface area contributed by atoms with Crippen LogP contribution < -0.4 is 5.73 Å². The van der Waals surface area contributed by atoms with Crippen molar-refractivity contribution in [3.63, 3.8) is 0 Å². The highest BCUT2D eigenvalue weighted by molar-refractivity contribution is 7.89. The van der Waals surface area contributed by atoms with Crippen molar-refractivity contribution in [2.24, 2.45) is 11.7 Å². The van der Waals surface area contributed by atoms with Crippen LogP contribution in [0.2, 0.25) is 0 Å². The highest BCUT2D eigenvalue weighted by Crippen LogP contribution is 2.22. The van der Waals surface area contributed by atoms with E-state index in [0.29, 0.717) is 37.0 Å². The molecule has 1 saturated heterocycles. The molecule has 0 amide bonds. The Morgan fingerprint density at radius 2 is 2.11 bits per heavy atom. The Morgan fingerprint density at radius 3 is 2.74 bits per heavy atom. The van der Waals surface area contributed by atoms with Gasteiger partial charge in [-0.05, 0) is 31.7 Å². The average molecular weight is 286 g/mol. The molecule has 0 radical (unpaired) electrons. The van der Waals surface area contributed by atoms with Crippen LogP contribution in [0.5, 0.6) is 0 Å². The number of sulfonamides is 1. The number of nitrogens with two attached hydrogens (primary N) is 1. The van der Waals surface area contributed by atoms with Gasteiger partial charge in [-0.1, -0.05) is 6.92 Å². The Bertz CT molecular complexity index is 504. The first-order valence-corrected chi connectivity index (χ1v) is 8.20. The summed E-state index contributed by atoms with van der Waals surface area (Å²) in [5.74, 6) is 0.610. The van der Waals surface area contributed by atoms with E-state index in [9.17, 15) is 8.42 Å². The molecule has 1 aromatic heterocycles. The second-order valence-electron chi connectivity index (χ2n) is 5.17. The molecule has 2 rings (SSSR count). The zero-order valence-electron chi connectivity index (χ0n) is 11.3. The molecule has 6 nitrogen and oxygen atoms in total. The van der Waals surface area contributed by atoms with Gasteiger partial charge in [0.2, 0.25) is 10.0 Å². The van der Waals surface area contributed by atoms with E-state index in [1.54, 1.807) is 15.2 Å². The van der Waals surface area contributed by atoms with Crippen LogP contribution in [0.4, 0.5) is 0 Å². The lowest BCUT2D eigenvalue weighted by atomic mass is 10.0. The fourth-order valence-corrected chi connectivity index (χ4v) is 3.65. The van der Waals surface area contributed by atoms with Crippen LogP contribution in [0.3, 0.4) is 0 Å². The molecule has 0 atom stereocenters. The molecule has 2 heterocycles. The number of nitrogens with zero attached hydrogens (tertiary/aromatic N) is 3. The first kappa shape index (κ1) is 14.5. The van der Waals surface area contributed by atoms with Gasteiger partial charge >= 0.3 is 0 Å². The molecule has 0 aliphatic carbocycles. The summed E-state index contributed by atoms with van der Waals surface area (Å²) in [5, 5.41) is 4.09. The molecule has 19 heavy (non-hydrogen) atoms. The van der Waals surface area contributed by atoms with Crippen LogP contribution in [0, 0.1) is 5.92 Å². The van der Waals surface area contributed by atoms with Crippen LogP contribution in [0.15, 0.2) is 17.3 Å². The zero-order valence-corrected chi connectivity index (χ0v) is 12.1. The van der Waals surface area contributed by atoms with E-state index in [2.05, 4.69) is 12.0 Å². The standard InChI is InChI=1S/C12H22N4O2S/c1-11-3-7-16(8-4-11)19(17,18)12-9-14-15(10-12)6-2-5-13/h9-11H,2-8,13H2,1H3. The number of hydrogen-bond donors (Lipinski definition) is 1. The van der Waals surface area contributed by atoms with Gasteiger partial charge in [-0.15, -0.1) is 0 Å². The topological polar surface area (TPSA) is 81.2 Å². The Labute approximate surface area is 114 Å². The van der Waals surface area contributed by atoms with Gasteiger partial charge in [0.25, 0.3) is 0 Å². The quantitative estimate of drug-likeness (QED) is 0.862. The molecule has 1 aliphatic heterocycles. The summed E-state index contributed by atoms with van der Waals surface area (Å²) in [6, 6.07) is 0. The van der Waals surface area contributed by atoms with Crippen molar-refractivity contribution in [3.8, 4) is 0 Å². The lowest BCUT2D eigenvalue weighted by molar-refractivity contribution is 0.288. The van der Waals surface area contributed by atoms with Crippen molar-refractivity contribution in [1.82, 2.24) is 14.1 Å². The van der Waals surface area contributed by atoms with E-state index in [1.165, 1.54) is 6.20 Å². The minimum absolute atomic E-state index is 0.291. The smallest absolute Gasteiger partial charge is 0.246 e. The number of aryl methyl sites for hydroxylation is 1. The van der Waals surface area contributed by atoms with Gasteiger partial charge in [0.1, 0.15) is 4.90 Å². The Hall–Kier alpha value is -0.920. The number of piperidine rings is 1. The highest BCUT2D eigenvalue weighted by atomic mass is 32.2. The van der Waals surface area contributed by atoms with E-state index in [1.807, 2.05) is 0 Å². The third kappa shape index (κ3) is 3.34. The van der Waals surface area contributed by atoms with Crippen LogP contribution >= 0.6 is 0 Å². The van der Waals surface area contributed by atoms with Crippen molar-refractivity contribution in [2.45, 2.75) is 37.6 Å². The number of hydrogen-bond acceptors (Lipinski definition) is 4. The van der Waals surface area contributed by atoms with Gasteiger partial charge in [-0.2, -0.15) is 9.40 Å². The van der Waals surface area contributed by atoms with Gasteiger partial charge in [-0.25, -0.2) is 8.42 Å². The second-order valence-corrected chi connectivity index (χ2v) is 7.11. The van der Waals surface area contributed by atoms with E-state index in [-0.39, 0.29) is 0 Å². The molecule has 1 fully saturated rings. The largest absolute Gasteiger partial charge is 0.330 e. The molecule has 7 heteroatoms. The predicted molar refractivity (Wildman–Crippen MR) is 73.1 cm³/mol. The lowest BCUT2D eigenvalue weighted by Crippen LogP contribution is -2.37. The molecule has 1 aromatic rings. The second kappa shape index (κ2) is 6.02. The Morgan fingerprint density at radius 1 is 1.42 bits per heavy atom. The third-order valence-electron chi connectivity index (χ3n) is 3.58. The third-order valence-corrected chi connectivity index (χ3v) is 5.43. The summed E-state index contributed by atoms with van der Waals surface area (Å²) in [6.07, 6.45) is 5.69. The Kier molecular flexibility index (Phi) is 4.59. The first-order chi connectivity index (χ1) is 9.04. The summed E-state index contributed by atoms with van der Waals surface area (Å²) in [6.45, 7) is 4.61. The van der Waals surface area contributed by atoms with Gasteiger partial charge in [0.05, 0.1) is 6.20 Å². The maximum Gasteiger partial charge on any atom is 0.246 e. The van der Waals surface area contributed by atoms with Gasteiger partial charge in [0, 0.05) is 25.8 Å². The van der Waals surface area contributed by atoms with Crippen LogP contribution in [0.25, 0.3) is 0 Å². The van der Waals surface area contributed by atoms with E-state index in [4.69, 9.17) is 5.73 Å². The van der Waals surface area contributed by atoms with Crippen LogP contribution in [0.1, 0.15) is 26.2 Å². The van der Waals surface area contributed by atoms with Crippen molar-refractivity contribution in [1.29, 1.82) is 0 Å². The molecule has 0 bridgehead atoms. The molecular formula is C12H22N4O2S.